The lowest BCUT2D eigenvalue weighted by atomic mass is 10.2. The van der Waals surface area contributed by atoms with Gasteiger partial charge in [0.25, 0.3) is 5.91 Å². The largest absolute Gasteiger partial charge is 0.350 e. The van der Waals surface area contributed by atoms with E-state index in [4.69, 9.17) is 0 Å². The molecule has 0 radical (unpaired) electrons. The molecule has 1 amide bonds. The standard InChI is InChI=1S/C11H18N2OS.ClH/c1-3-9-5-8-15-10(9)11(14)13-7-6-12-4-2;/h5,8,12H,3-4,6-7H2,1-2H3,(H,13,14);1H. The molecule has 3 nitrogen and oxygen atoms in total. The van der Waals surface area contributed by atoms with Crippen LogP contribution in [0.3, 0.4) is 0 Å². The van der Waals surface area contributed by atoms with Crippen LogP contribution in [-0.4, -0.2) is 25.5 Å². The zero-order chi connectivity index (χ0) is 11.1. The minimum Gasteiger partial charge on any atom is -0.350 e. The SMILES string of the molecule is CCNCCNC(=O)c1sccc1CC.Cl. The highest BCUT2D eigenvalue weighted by Gasteiger charge is 2.10. The first kappa shape index (κ1) is 15.4. The van der Waals surface area contributed by atoms with Gasteiger partial charge >= 0.3 is 0 Å². The van der Waals surface area contributed by atoms with E-state index in [1.807, 2.05) is 11.4 Å². The molecule has 0 saturated carbocycles. The number of hydrogen-bond acceptors (Lipinski definition) is 3. The summed E-state index contributed by atoms with van der Waals surface area (Å²) in [6.07, 6.45) is 0.916. The molecule has 0 atom stereocenters. The van der Waals surface area contributed by atoms with Gasteiger partial charge in [-0.05, 0) is 30.0 Å². The van der Waals surface area contributed by atoms with Crippen molar-refractivity contribution >= 4 is 29.7 Å². The lowest BCUT2D eigenvalue weighted by Gasteiger charge is -2.05. The van der Waals surface area contributed by atoms with Crippen LogP contribution in [0.1, 0.15) is 29.1 Å². The molecule has 2 N–H and O–H groups in total. The van der Waals surface area contributed by atoms with Gasteiger partial charge in [0.1, 0.15) is 0 Å². The molecule has 0 saturated heterocycles. The Kier molecular flexibility index (Phi) is 8.25. The maximum Gasteiger partial charge on any atom is 0.261 e. The molecule has 0 aliphatic heterocycles. The highest BCUT2D eigenvalue weighted by Crippen LogP contribution is 2.16. The van der Waals surface area contributed by atoms with Crippen LogP contribution in [0.4, 0.5) is 0 Å². The van der Waals surface area contributed by atoms with E-state index in [9.17, 15) is 4.79 Å². The number of likely N-dealkylation sites (N-methyl/N-ethyl adjacent to an activating group) is 1. The molecule has 0 unspecified atom stereocenters. The molecule has 0 fully saturated rings. The normalized spacial score (nSPS) is 9.62. The Morgan fingerprint density at radius 2 is 2.12 bits per heavy atom. The first-order chi connectivity index (χ1) is 7.29. The van der Waals surface area contributed by atoms with Crippen molar-refractivity contribution in [2.45, 2.75) is 20.3 Å². The molecule has 1 aromatic rings. The summed E-state index contributed by atoms with van der Waals surface area (Å²) in [7, 11) is 0. The van der Waals surface area contributed by atoms with Crippen LogP contribution in [0.15, 0.2) is 11.4 Å². The summed E-state index contributed by atoms with van der Waals surface area (Å²) in [5, 5.41) is 8.04. The van der Waals surface area contributed by atoms with Gasteiger partial charge in [0, 0.05) is 13.1 Å². The van der Waals surface area contributed by atoms with E-state index in [0.717, 1.165) is 30.0 Å². The number of amides is 1. The third-order valence-electron chi connectivity index (χ3n) is 2.17. The predicted molar refractivity (Wildman–Crippen MR) is 71.8 cm³/mol. The van der Waals surface area contributed by atoms with Gasteiger partial charge in [-0.2, -0.15) is 0 Å². The molecule has 1 rings (SSSR count). The third-order valence-corrected chi connectivity index (χ3v) is 3.13. The van der Waals surface area contributed by atoms with Crippen molar-refractivity contribution in [3.05, 3.63) is 21.9 Å². The first-order valence-electron chi connectivity index (χ1n) is 5.34. The van der Waals surface area contributed by atoms with Crippen molar-refractivity contribution in [3.8, 4) is 0 Å². The second kappa shape index (κ2) is 8.56. The Bertz CT molecular complexity index is 315. The summed E-state index contributed by atoms with van der Waals surface area (Å²) in [5.41, 5.74) is 1.14. The molecular weight excluding hydrogens is 244 g/mol. The molecule has 16 heavy (non-hydrogen) atoms. The van der Waals surface area contributed by atoms with E-state index in [2.05, 4.69) is 24.5 Å². The summed E-state index contributed by atoms with van der Waals surface area (Å²) in [6, 6.07) is 2.02. The van der Waals surface area contributed by atoms with E-state index in [1.165, 1.54) is 11.3 Å². The van der Waals surface area contributed by atoms with Crippen LogP contribution >= 0.6 is 23.7 Å². The van der Waals surface area contributed by atoms with Crippen molar-refractivity contribution in [2.24, 2.45) is 0 Å². The minimum absolute atomic E-state index is 0. The smallest absolute Gasteiger partial charge is 0.261 e. The van der Waals surface area contributed by atoms with Gasteiger partial charge in [-0.25, -0.2) is 0 Å². The fourth-order valence-electron chi connectivity index (χ4n) is 1.33. The molecule has 0 aliphatic carbocycles. The van der Waals surface area contributed by atoms with Crippen molar-refractivity contribution in [2.75, 3.05) is 19.6 Å². The Balaban J connectivity index is 0.00000225. The molecule has 92 valence electrons. The molecule has 0 bridgehead atoms. The van der Waals surface area contributed by atoms with Gasteiger partial charge in [0.2, 0.25) is 0 Å². The summed E-state index contributed by atoms with van der Waals surface area (Å²) >= 11 is 1.51. The number of halogens is 1. The van der Waals surface area contributed by atoms with Crippen LogP contribution < -0.4 is 10.6 Å². The average molecular weight is 263 g/mol. The van der Waals surface area contributed by atoms with Gasteiger partial charge in [-0.1, -0.05) is 13.8 Å². The second-order valence-electron chi connectivity index (χ2n) is 3.24. The average Bonchev–Trinajstić information content (AvgIpc) is 2.72. The lowest BCUT2D eigenvalue weighted by molar-refractivity contribution is 0.0957. The molecule has 0 spiro atoms. The molecule has 5 heteroatoms. The van der Waals surface area contributed by atoms with Crippen molar-refractivity contribution < 1.29 is 4.79 Å². The van der Waals surface area contributed by atoms with E-state index in [-0.39, 0.29) is 18.3 Å². The fraction of sp³-hybridized carbons (Fsp3) is 0.545. The van der Waals surface area contributed by atoms with Gasteiger partial charge in [0.05, 0.1) is 4.88 Å². The lowest BCUT2D eigenvalue weighted by Crippen LogP contribution is -2.31. The summed E-state index contributed by atoms with van der Waals surface area (Å²) in [5.74, 6) is 0.0553. The maximum absolute atomic E-state index is 11.7. The van der Waals surface area contributed by atoms with Crippen LogP contribution in [0, 0.1) is 0 Å². The monoisotopic (exact) mass is 262 g/mol. The third kappa shape index (κ3) is 4.51. The summed E-state index contributed by atoms with van der Waals surface area (Å²) in [6.45, 7) is 6.58. The highest BCUT2D eigenvalue weighted by molar-refractivity contribution is 7.12. The number of rotatable bonds is 6. The van der Waals surface area contributed by atoms with E-state index in [0.29, 0.717) is 6.54 Å². The number of carbonyl (C=O) groups is 1. The van der Waals surface area contributed by atoms with Crippen molar-refractivity contribution in [1.29, 1.82) is 0 Å². The molecule has 0 aliphatic rings. The van der Waals surface area contributed by atoms with Gasteiger partial charge in [-0.15, -0.1) is 23.7 Å². The Morgan fingerprint density at radius 1 is 1.38 bits per heavy atom. The second-order valence-corrected chi connectivity index (χ2v) is 4.15. The number of thiophene rings is 1. The molecular formula is C11H19ClN2OS. The molecule has 0 aromatic carbocycles. The van der Waals surface area contributed by atoms with E-state index in [1.54, 1.807) is 0 Å². The van der Waals surface area contributed by atoms with Crippen LogP contribution in [0.25, 0.3) is 0 Å². The van der Waals surface area contributed by atoms with Gasteiger partial charge in [-0.3, -0.25) is 4.79 Å². The summed E-state index contributed by atoms with van der Waals surface area (Å²) < 4.78 is 0. The Labute approximate surface area is 107 Å². The van der Waals surface area contributed by atoms with Gasteiger partial charge < -0.3 is 10.6 Å². The van der Waals surface area contributed by atoms with Crippen LogP contribution in [0.2, 0.25) is 0 Å². The highest BCUT2D eigenvalue weighted by atomic mass is 35.5. The predicted octanol–water partition coefficient (Wildman–Crippen LogP) is 2.07. The molecule has 1 aromatic heterocycles. The number of hydrogen-bond donors (Lipinski definition) is 2. The topological polar surface area (TPSA) is 41.1 Å². The van der Waals surface area contributed by atoms with Crippen molar-refractivity contribution in [1.82, 2.24) is 10.6 Å². The Morgan fingerprint density at radius 3 is 2.75 bits per heavy atom. The van der Waals surface area contributed by atoms with E-state index < -0.39 is 0 Å². The maximum atomic E-state index is 11.7. The number of carbonyl (C=O) groups excluding carboxylic acids is 1. The minimum atomic E-state index is 0. The zero-order valence-corrected chi connectivity index (χ0v) is 11.3. The number of nitrogens with one attached hydrogen (secondary N) is 2. The zero-order valence-electron chi connectivity index (χ0n) is 9.71. The summed E-state index contributed by atoms with van der Waals surface area (Å²) in [4.78, 5) is 12.6. The fourth-order valence-corrected chi connectivity index (χ4v) is 2.25. The Hall–Kier alpha value is -0.580. The van der Waals surface area contributed by atoms with Crippen LogP contribution in [0.5, 0.6) is 0 Å². The van der Waals surface area contributed by atoms with E-state index >= 15 is 0 Å². The first-order valence-corrected chi connectivity index (χ1v) is 6.22. The number of aryl methyl sites for hydroxylation is 1. The van der Waals surface area contributed by atoms with Gasteiger partial charge in [0.15, 0.2) is 0 Å². The molecule has 1 heterocycles. The quantitative estimate of drug-likeness (QED) is 0.771. The van der Waals surface area contributed by atoms with Crippen molar-refractivity contribution in [3.63, 3.8) is 0 Å². The van der Waals surface area contributed by atoms with Crippen LogP contribution in [-0.2, 0) is 6.42 Å².